The fourth-order valence-corrected chi connectivity index (χ4v) is 3.23. The molecule has 5 nitrogen and oxygen atoms in total. The number of rotatable bonds is 9. The highest BCUT2D eigenvalue weighted by molar-refractivity contribution is 7.09. The van der Waals surface area contributed by atoms with Gasteiger partial charge in [-0.15, -0.1) is 11.3 Å². The standard InChI is InChI=1S/C21H24N2O3S/c1-15-23-18(14-27-15)13-26-20-7-3-16(4-8-20)11-22-12-21(24)17-5-9-19(25-2)10-6-17/h3-10,14,21-22,24H,11-13H2,1-2H3. The van der Waals surface area contributed by atoms with Crippen molar-refractivity contribution in [2.24, 2.45) is 0 Å². The van der Waals surface area contributed by atoms with Crippen molar-refractivity contribution in [3.05, 3.63) is 75.7 Å². The molecule has 0 aliphatic carbocycles. The van der Waals surface area contributed by atoms with Gasteiger partial charge in [-0.1, -0.05) is 24.3 Å². The lowest BCUT2D eigenvalue weighted by atomic mass is 10.1. The van der Waals surface area contributed by atoms with E-state index in [1.165, 1.54) is 0 Å². The van der Waals surface area contributed by atoms with Crippen LogP contribution in [0.2, 0.25) is 0 Å². The quantitative estimate of drug-likeness (QED) is 0.586. The summed E-state index contributed by atoms with van der Waals surface area (Å²) in [4.78, 5) is 4.39. The van der Waals surface area contributed by atoms with Gasteiger partial charge in [0, 0.05) is 18.5 Å². The van der Waals surface area contributed by atoms with E-state index in [2.05, 4.69) is 10.3 Å². The molecule has 1 atom stereocenters. The molecule has 0 amide bonds. The normalized spacial score (nSPS) is 12.0. The molecule has 1 heterocycles. The summed E-state index contributed by atoms with van der Waals surface area (Å²) in [5.41, 5.74) is 2.95. The highest BCUT2D eigenvalue weighted by Gasteiger charge is 2.07. The molecular formula is C21H24N2O3S. The predicted octanol–water partition coefficient (Wildman–Crippen LogP) is 3.86. The number of aliphatic hydroxyl groups excluding tert-OH is 1. The summed E-state index contributed by atoms with van der Waals surface area (Å²) in [5.74, 6) is 1.61. The molecule has 0 bridgehead atoms. The van der Waals surface area contributed by atoms with Crippen molar-refractivity contribution in [2.75, 3.05) is 13.7 Å². The second kappa shape index (κ2) is 9.50. The van der Waals surface area contributed by atoms with E-state index in [0.29, 0.717) is 19.7 Å². The van der Waals surface area contributed by atoms with Crippen LogP contribution >= 0.6 is 11.3 Å². The molecule has 142 valence electrons. The van der Waals surface area contributed by atoms with Gasteiger partial charge in [0.1, 0.15) is 18.1 Å². The molecule has 0 spiro atoms. The maximum absolute atomic E-state index is 10.3. The molecule has 0 saturated carbocycles. The van der Waals surface area contributed by atoms with Crippen LogP contribution in [-0.4, -0.2) is 23.7 Å². The third-order valence-corrected chi connectivity index (χ3v) is 4.97. The number of aromatic nitrogens is 1. The fourth-order valence-electron chi connectivity index (χ4n) is 2.63. The number of nitrogens with one attached hydrogen (secondary N) is 1. The first kappa shape index (κ1) is 19.4. The molecule has 1 aromatic heterocycles. The first-order valence-corrected chi connectivity index (χ1v) is 9.67. The zero-order valence-electron chi connectivity index (χ0n) is 15.5. The van der Waals surface area contributed by atoms with E-state index in [0.717, 1.165) is 33.3 Å². The summed E-state index contributed by atoms with van der Waals surface area (Å²) < 4.78 is 10.9. The lowest BCUT2D eigenvalue weighted by molar-refractivity contribution is 0.174. The number of nitrogens with zero attached hydrogens (tertiary/aromatic N) is 1. The fraction of sp³-hybridized carbons (Fsp3) is 0.286. The van der Waals surface area contributed by atoms with Crippen molar-refractivity contribution in [3.63, 3.8) is 0 Å². The van der Waals surface area contributed by atoms with Crippen molar-refractivity contribution < 1.29 is 14.6 Å². The summed E-state index contributed by atoms with van der Waals surface area (Å²) >= 11 is 1.63. The third-order valence-electron chi connectivity index (χ3n) is 4.14. The molecule has 3 aromatic rings. The summed E-state index contributed by atoms with van der Waals surface area (Å²) in [6, 6.07) is 15.4. The van der Waals surface area contributed by atoms with Crippen molar-refractivity contribution >= 4 is 11.3 Å². The number of aryl methyl sites for hydroxylation is 1. The van der Waals surface area contributed by atoms with Crippen molar-refractivity contribution in [3.8, 4) is 11.5 Å². The van der Waals surface area contributed by atoms with E-state index in [1.54, 1.807) is 18.4 Å². The van der Waals surface area contributed by atoms with Crippen LogP contribution < -0.4 is 14.8 Å². The highest BCUT2D eigenvalue weighted by atomic mass is 32.1. The largest absolute Gasteiger partial charge is 0.497 e. The van der Waals surface area contributed by atoms with Gasteiger partial charge in [-0.05, 0) is 42.3 Å². The molecule has 3 rings (SSSR count). The zero-order valence-corrected chi connectivity index (χ0v) is 16.3. The number of thiazole rings is 1. The summed E-state index contributed by atoms with van der Waals surface area (Å²) in [5, 5.41) is 16.6. The molecule has 2 aromatic carbocycles. The molecule has 0 aliphatic heterocycles. The minimum absolute atomic E-state index is 0.480. The van der Waals surface area contributed by atoms with Crippen molar-refractivity contribution in [1.82, 2.24) is 10.3 Å². The highest BCUT2D eigenvalue weighted by Crippen LogP contribution is 2.18. The van der Waals surface area contributed by atoms with Gasteiger partial charge in [0.15, 0.2) is 0 Å². The van der Waals surface area contributed by atoms with Crippen LogP contribution in [0.25, 0.3) is 0 Å². The van der Waals surface area contributed by atoms with Gasteiger partial charge in [0.05, 0.1) is 23.9 Å². The van der Waals surface area contributed by atoms with Gasteiger partial charge in [-0.2, -0.15) is 0 Å². The first-order chi connectivity index (χ1) is 13.1. The Bertz CT molecular complexity index is 831. The van der Waals surface area contributed by atoms with Crippen LogP contribution in [0.4, 0.5) is 0 Å². The molecule has 6 heteroatoms. The molecular weight excluding hydrogens is 360 g/mol. The number of hydrogen-bond acceptors (Lipinski definition) is 6. The Morgan fingerprint density at radius 3 is 2.41 bits per heavy atom. The number of aliphatic hydroxyl groups is 1. The van der Waals surface area contributed by atoms with Crippen LogP contribution in [-0.2, 0) is 13.2 Å². The molecule has 0 saturated heterocycles. The van der Waals surface area contributed by atoms with Crippen molar-refractivity contribution in [2.45, 2.75) is 26.2 Å². The van der Waals surface area contributed by atoms with E-state index < -0.39 is 6.10 Å². The number of methoxy groups -OCH3 is 1. The Labute approximate surface area is 163 Å². The number of hydrogen-bond donors (Lipinski definition) is 2. The van der Waals surface area contributed by atoms with E-state index in [-0.39, 0.29) is 0 Å². The third kappa shape index (κ3) is 5.79. The minimum atomic E-state index is -0.555. The average molecular weight is 385 g/mol. The van der Waals surface area contributed by atoms with Crippen LogP contribution in [0.1, 0.15) is 27.9 Å². The van der Waals surface area contributed by atoms with Gasteiger partial charge < -0.3 is 19.9 Å². The molecule has 2 N–H and O–H groups in total. The first-order valence-electron chi connectivity index (χ1n) is 8.79. The Balaban J connectivity index is 1.42. The van der Waals surface area contributed by atoms with Crippen molar-refractivity contribution in [1.29, 1.82) is 0 Å². The van der Waals surface area contributed by atoms with Gasteiger partial charge in [-0.25, -0.2) is 4.98 Å². The van der Waals surface area contributed by atoms with Gasteiger partial charge in [0.2, 0.25) is 0 Å². The Kier molecular flexibility index (Phi) is 6.81. The smallest absolute Gasteiger partial charge is 0.131 e. The maximum atomic E-state index is 10.3. The second-order valence-corrected chi connectivity index (χ2v) is 7.27. The Morgan fingerprint density at radius 2 is 1.78 bits per heavy atom. The molecule has 0 fully saturated rings. The number of benzene rings is 2. The predicted molar refractivity (Wildman–Crippen MR) is 107 cm³/mol. The average Bonchev–Trinajstić information content (AvgIpc) is 3.12. The molecule has 0 aliphatic rings. The maximum Gasteiger partial charge on any atom is 0.131 e. The summed E-state index contributed by atoms with van der Waals surface area (Å²) in [6.07, 6.45) is -0.555. The minimum Gasteiger partial charge on any atom is -0.497 e. The monoisotopic (exact) mass is 384 g/mol. The van der Waals surface area contributed by atoms with Gasteiger partial charge >= 0.3 is 0 Å². The van der Waals surface area contributed by atoms with Gasteiger partial charge in [-0.3, -0.25) is 0 Å². The Morgan fingerprint density at radius 1 is 1.07 bits per heavy atom. The van der Waals surface area contributed by atoms with Crippen LogP contribution in [0.15, 0.2) is 53.9 Å². The van der Waals surface area contributed by atoms with Crippen LogP contribution in [0.3, 0.4) is 0 Å². The zero-order chi connectivity index (χ0) is 19.1. The number of ether oxygens (including phenoxy) is 2. The molecule has 0 radical (unpaired) electrons. The lowest BCUT2D eigenvalue weighted by Gasteiger charge is -2.13. The second-order valence-electron chi connectivity index (χ2n) is 6.21. The summed E-state index contributed by atoms with van der Waals surface area (Å²) in [6.45, 7) is 3.63. The van der Waals surface area contributed by atoms with E-state index in [1.807, 2.05) is 60.8 Å². The van der Waals surface area contributed by atoms with Crippen LogP contribution in [0.5, 0.6) is 11.5 Å². The topological polar surface area (TPSA) is 63.6 Å². The van der Waals surface area contributed by atoms with E-state index in [4.69, 9.17) is 9.47 Å². The van der Waals surface area contributed by atoms with E-state index >= 15 is 0 Å². The van der Waals surface area contributed by atoms with Crippen LogP contribution in [0, 0.1) is 6.92 Å². The molecule has 27 heavy (non-hydrogen) atoms. The van der Waals surface area contributed by atoms with Gasteiger partial charge in [0.25, 0.3) is 0 Å². The summed E-state index contributed by atoms with van der Waals surface area (Å²) in [7, 11) is 1.63. The Hall–Kier alpha value is -2.41. The molecule has 1 unspecified atom stereocenters. The lowest BCUT2D eigenvalue weighted by Crippen LogP contribution is -2.21. The van der Waals surface area contributed by atoms with E-state index in [9.17, 15) is 5.11 Å². The SMILES string of the molecule is COc1ccc(C(O)CNCc2ccc(OCc3csc(C)n3)cc2)cc1.